The molecule has 0 radical (unpaired) electrons. The normalized spacial score (nSPS) is 21.6. The lowest BCUT2D eigenvalue weighted by Crippen LogP contribution is -2.50. The van der Waals surface area contributed by atoms with E-state index in [0.717, 1.165) is 16.5 Å². The first kappa shape index (κ1) is 17.3. The summed E-state index contributed by atoms with van der Waals surface area (Å²) in [6, 6.07) is 17.0. The Morgan fingerprint density at radius 1 is 1.11 bits per heavy atom. The minimum absolute atomic E-state index is 0.247. The topological polar surface area (TPSA) is 68.4 Å². The predicted molar refractivity (Wildman–Crippen MR) is 102 cm³/mol. The molecule has 0 fully saturated rings. The third kappa shape index (κ3) is 2.46. The molecule has 0 aliphatic carbocycles. The quantitative estimate of drug-likeness (QED) is 0.709. The maximum Gasteiger partial charge on any atom is 0.324 e. The highest BCUT2D eigenvalue weighted by molar-refractivity contribution is 6.02. The molecule has 2 atom stereocenters. The first-order chi connectivity index (χ1) is 13.1. The molecule has 5 nitrogen and oxygen atoms in total. The van der Waals surface area contributed by atoms with Gasteiger partial charge in [-0.05, 0) is 25.0 Å². The summed E-state index contributed by atoms with van der Waals surface area (Å²) >= 11 is 0. The van der Waals surface area contributed by atoms with E-state index < -0.39 is 23.3 Å². The van der Waals surface area contributed by atoms with Crippen LogP contribution in [-0.2, 0) is 19.7 Å². The van der Waals surface area contributed by atoms with E-state index in [0.29, 0.717) is 17.9 Å². The Hall–Kier alpha value is -3.08. The third-order valence-electron chi connectivity index (χ3n) is 5.42. The first-order valence-corrected chi connectivity index (χ1v) is 9.18. The zero-order chi connectivity index (χ0) is 19.0. The van der Waals surface area contributed by atoms with Crippen LogP contribution in [-0.4, -0.2) is 23.5 Å². The average molecular weight is 363 g/mol. The van der Waals surface area contributed by atoms with Gasteiger partial charge in [-0.2, -0.15) is 0 Å². The molecular formula is C22H21NO4. The van der Waals surface area contributed by atoms with Gasteiger partial charge in [0.25, 0.3) is 0 Å². The molecule has 1 aliphatic rings. The third-order valence-corrected chi connectivity index (χ3v) is 5.42. The smallest absolute Gasteiger partial charge is 0.324 e. The minimum Gasteiger partial charge on any atom is -0.465 e. The molecule has 0 saturated heterocycles. The number of ether oxygens (including phenoxy) is 2. The van der Waals surface area contributed by atoms with Crippen LogP contribution in [0.1, 0.15) is 37.3 Å². The van der Waals surface area contributed by atoms with Gasteiger partial charge in [0.05, 0.1) is 6.61 Å². The molecule has 3 aromatic rings. The Morgan fingerprint density at radius 3 is 2.52 bits per heavy atom. The summed E-state index contributed by atoms with van der Waals surface area (Å²) in [6.07, 6.45) is 0.415. The van der Waals surface area contributed by atoms with E-state index in [9.17, 15) is 9.59 Å². The standard InChI is InChI=1S/C22H21NO4/c1-3-22(14-10-6-5-7-11-14)18(20(24)26-4-2)17-15-12-8-9-13-16(15)23-19(17)27-21(22)25/h5-13,18,23H,3-4H2,1-2H3/t18-,22-/m1/s1. The molecule has 0 spiro atoms. The van der Waals surface area contributed by atoms with E-state index in [2.05, 4.69) is 4.98 Å². The molecule has 1 aliphatic heterocycles. The predicted octanol–water partition coefficient (Wildman–Crippen LogP) is 4.08. The van der Waals surface area contributed by atoms with Crippen LogP contribution >= 0.6 is 0 Å². The Balaban J connectivity index is 2.04. The van der Waals surface area contributed by atoms with Crippen LogP contribution in [0.4, 0.5) is 0 Å². The monoisotopic (exact) mass is 363 g/mol. The van der Waals surface area contributed by atoms with Crippen LogP contribution in [0.5, 0.6) is 5.88 Å². The van der Waals surface area contributed by atoms with Crippen molar-refractivity contribution >= 4 is 22.8 Å². The minimum atomic E-state index is -1.13. The molecule has 138 valence electrons. The summed E-state index contributed by atoms with van der Waals surface area (Å²) in [5.74, 6) is -1.30. The highest BCUT2D eigenvalue weighted by Crippen LogP contribution is 2.52. The zero-order valence-corrected chi connectivity index (χ0v) is 15.3. The summed E-state index contributed by atoms with van der Waals surface area (Å²) in [6.45, 7) is 3.92. The lowest BCUT2D eigenvalue weighted by Gasteiger charge is -2.40. The lowest BCUT2D eigenvalue weighted by molar-refractivity contribution is -0.156. The van der Waals surface area contributed by atoms with Crippen molar-refractivity contribution in [2.75, 3.05) is 6.61 Å². The summed E-state index contributed by atoms with van der Waals surface area (Å²) in [5, 5.41) is 0.867. The fourth-order valence-electron chi connectivity index (χ4n) is 4.17. The number of rotatable bonds is 4. The number of hydrogen-bond donors (Lipinski definition) is 1. The van der Waals surface area contributed by atoms with Gasteiger partial charge in [-0.3, -0.25) is 9.59 Å². The Kier molecular flexibility index (Phi) is 4.22. The van der Waals surface area contributed by atoms with Crippen molar-refractivity contribution in [2.45, 2.75) is 31.6 Å². The van der Waals surface area contributed by atoms with Crippen LogP contribution in [0.25, 0.3) is 10.9 Å². The van der Waals surface area contributed by atoms with Gasteiger partial charge in [-0.1, -0.05) is 55.5 Å². The summed E-state index contributed by atoms with van der Waals surface area (Å²) in [4.78, 5) is 29.5. The average Bonchev–Trinajstić information content (AvgIpc) is 3.05. The number of aromatic nitrogens is 1. The molecule has 1 N–H and O–H groups in total. The second kappa shape index (κ2) is 6.58. The van der Waals surface area contributed by atoms with Gasteiger partial charge in [-0.25, -0.2) is 0 Å². The summed E-state index contributed by atoms with van der Waals surface area (Å²) in [7, 11) is 0. The largest absolute Gasteiger partial charge is 0.465 e. The van der Waals surface area contributed by atoms with Crippen molar-refractivity contribution in [1.82, 2.24) is 4.98 Å². The number of benzene rings is 2. The molecule has 0 amide bonds. The van der Waals surface area contributed by atoms with Gasteiger partial charge in [0, 0.05) is 16.5 Å². The molecule has 2 heterocycles. The van der Waals surface area contributed by atoms with Gasteiger partial charge in [0.15, 0.2) is 0 Å². The molecule has 0 bridgehead atoms. The number of carbonyl (C=O) groups excluding carboxylic acids is 2. The number of para-hydroxylation sites is 1. The molecule has 27 heavy (non-hydrogen) atoms. The Labute approximate surface area is 157 Å². The highest BCUT2D eigenvalue weighted by Gasteiger charge is 2.57. The van der Waals surface area contributed by atoms with Crippen LogP contribution < -0.4 is 4.74 Å². The van der Waals surface area contributed by atoms with Crippen LogP contribution in [0, 0.1) is 0 Å². The maximum atomic E-state index is 13.3. The molecule has 0 unspecified atom stereocenters. The fraction of sp³-hybridized carbons (Fsp3) is 0.273. The number of carbonyl (C=O) groups is 2. The number of nitrogens with one attached hydrogen (secondary N) is 1. The van der Waals surface area contributed by atoms with E-state index in [1.54, 1.807) is 6.92 Å². The van der Waals surface area contributed by atoms with Crippen molar-refractivity contribution < 1.29 is 19.1 Å². The molecule has 5 heteroatoms. The number of aromatic amines is 1. The lowest BCUT2D eigenvalue weighted by atomic mass is 9.64. The van der Waals surface area contributed by atoms with Crippen LogP contribution in [0.2, 0.25) is 0 Å². The number of esters is 2. The fourth-order valence-corrected chi connectivity index (χ4v) is 4.17. The molecular weight excluding hydrogens is 342 g/mol. The van der Waals surface area contributed by atoms with Crippen molar-refractivity contribution in [1.29, 1.82) is 0 Å². The first-order valence-electron chi connectivity index (χ1n) is 9.18. The van der Waals surface area contributed by atoms with Gasteiger partial charge in [-0.15, -0.1) is 0 Å². The van der Waals surface area contributed by atoms with Crippen LogP contribution in [0.3, 0.4) is 0 Å². The van der Waals surface area contributed by atoms with Crippen molar-refractivity contribution in [3.05, 3.63) is 65.7 Å². The van der Waals surface area contributed by atoms with E-state index in [1.165, 1.54) is 0 Å². The number of hydrogen-bond acceptors (Lipinski definition) is 4. The number of fused-ring (bicyclic) bond motifs is 3. The van der Waals surface area contributed by atoms with E-state index in [1.807, 2.05) is 61.5 Å². The summed E-state index contributed by atoms with van der Waals surface area (Å²) < 4.78 is 11.2. The second-order valence-electron chi connectivity index (χ2n) is 6.68. The van der Waals surface area contributed by atoms with E-state index in [-0.39, 0.29) is 6.61 Å². The van der Waals surface area contributed by atoms with E-state index in [4.69, 9.17) is 9.47 Å². The van der Waals surface area contributed by atoms with Gasteiger partial charge < -0.3 is 14.5 Å². The van der Waals surface area contributed by atoms with E-state index >= 15 is 0 Å². The second-order valence-corrected chi connectivity index (χ2v) is 6.68. The van der Waals surface area contributed by atoms with Gasteiger partial charge >= 0.3 is 11.9 Å². The van der Waals surface area contributed by atoms with Crippen molar-refractivity contribution in [2.24, 2.45) is 0 Å². The Bertz CT molecular complexity index is 1010. The SMILES string of the molecule is CCOC(=O)[C@H]1c2c([nH]c3ccccc23)OC(=O)[C@]1(CC)c1ccccc1. The number of H-pyrrole nitrogens is 1. The Morgan fingerprint density at radius 2 is 1.81 bits per heavy atom. The maximum absolute atomic E-state index is 13.3. The molecule has 0 saturated carbocycles. The van der Waals surface area contributed by atoms with Crippen molar-refractivity contribution in [3.63, 3.8) is 0 Å². The molecule has 1 aromatic heterocycles. The van der Waals surface area contributed by atoms with Crippen LogP contribution in [0.15, 0.2) is 54.6 Å². The van der Waals surface area contributed by atoms with Gasteiger partial charge in [0.1, 0.15) is 11.3 Å². The molecule has 4 rings (SSSR count). The van der Waals surface area contributed by atoms with Gasteiger partial charge in [0.2, 0.25) is 5.88 Å². The molecule has 2 aromatic carbocycles. The van der Waals surface area contributed by atoms with Crippen molar-refractivity contribution in [3.8, 4) is 5.88 Å². The highest BCUT2D eigenvalue weighted by atomic mass is 16.6. The zero-order valence-electron chi connectivity index (χ0n) is 15.3. The summed E-state index contributed by atoms with van der Waals surface area (Å²) in [5.41, 5.74) is 1.14.